The summed E-state index contributed by atoms with van der Waals surface area (Å²) in [5, 5.41) is 16.2. The first-order valence-corrected chi connectivity index (χ1v) is 9.78. The Morgan fingerprint density at radius 1 is 1.29 bits per heavy atom. The molecular weight excluding hydrogens is 358 g/mol. The number of rotatable bonds is 9. The Kier molecular flexibility index (Phi) is 6.46. The Morgan fingerprint density at radius 3 is 2.75 bits per heavy atom. The highest BCUT2D eigenvalue weighted by Crippen LogP contribution is 2.41. The first kappa shape index (κ1) is 20.1. The van der Waals surface area contributed by atoms with Crippen molar-refractivity contribution in [2.24, 2.45) is 5.41 Å². The van der Waals surface area contributed by atoms with E-state index in [0.29, 0.717) is 19.8 Å². The SMILES string of the molecule is CCOCCC1(C(=O)NCc2cccc(-n3ccc(C(=O)O)n3)c2)CCCC1. The fourth-order valence-electron chi connectivity index (χ4n) is 3.81. The molecule has 2 N–H and O–H groups in total. The molecule has 1 aromatic carbocycles. The van der Waals surface area contributed by atoms with E-state index in [4.69, 9.17) is 9.84 Å². The predicted octanol–water partition coefficient (Wildman–Crippen LogP) is 3.17. The number of hydrogen-bond acceptors (Lipinski definition) is 4. The van der Waals surface area contributed by atoms with Gasteiger partial charge >= 0.3 is 5.97 Å². The summed E-state index contributed by atoms with van der Waals surface area (Å²) in [6.07, 6.45) is 6.37. The van der Waals surface area contributed by atoms with Crippen LogP contribution in [0.15, 0.2) is 36.5 Å². The quantitative estimate of drug-likeness (QED) is 0.647. The van der Waals surface area contributed by atoms with Crippen LogP contribution in [0.25, 0.3) is 5.69 Å². The van der Waals surface area contributed by atoms with Crippen LogP contribution in [-0.4, -0.2) is 40.0 Å². The lowest BCUT2D eigenvalue weighted by Gasteiger charge is -2.27. The molecule has 7 heteroatoms. The highest BCUT2D eigenvalue weighted by Gasteiger charge is 2.40. The molecule has 0 bridgehead atoms. The van der Waals surface area contributed by atoms with Crippen molar-refractivity contribution in [1.82, 2.24) is 15.1 Å². The van der Waals surface area contributed by atoms with Crippen molar-refractivity contribution in [2.75, 3.05) is 13.2 Å². The highest BCUT2D eigenvalue weighted by atomic mass is 16.5. The molecule has 0 saturated heterocycles. The molecule has 7 nitrogen and oxygen atoms in total. The largest absolute Gasteiger partial charge is 0.476 e. The molecule has 1 heterocycles. The lowest BCUT2D eigenvalue weighted by molar-refractivity contribution is -0.132. The molecule has 1 fully saturated rings. The van der Waals surface area contributed by atoms with E-state index >= 15 is 0 Å². The highest BCUT2D eigenvalue weighted by molar-refractivity contribution is 5.85. The minimum absolute atomic E-state index is 0.00354. The number of ether oxygens (including phenoxy) is 1. The van der Waals surface area contributed by atoms with Gasteiger partial charge in [0.05, 0.1) is 11.1 Å². The summed E-state index contributed by atoms with van der Waals surface area (Å²) < 4.78 is 7.01. The second-order valence-corrected chi connectivity index (χ2v) is 7.24. The van der Waals surface area contributed by atoms with Crippen molar-refractivity contribution in [2.45, 2.75) is 45.6 Å². The summed E-state index contributed by atoms with van der Waals surface area (Å²) in [5.41, 5.74) is 1.38. The zero-order valence-electron chi connectivity index (χ0n) is 16.2. The molecule has 0 spiro atoms. The van der Waals surface area contributed by atoms with Gasteiger partial charge in [-0.25, -0.2) is 9.48 Å². The van der Waals surface area contributed by atoms with Crippen molar-refractivity contribution in [3.63, 3.8) is 0 Å². The number of hydrogen-bond donors (Lipinski definition) is 2. The number of nitrogens with one attached hydrogen (secondary N) is 1. The van der Waals surface area contributed by atoms with Gasteiger partial charge in [0, 0.05) is 26.0 Å². The van der Waals surface area contributed by atoms with E-state index in [0.717, 1.165) is 43.4 Å². The number of carbonyl (C=O) groups excluding carboxylic acids is 1. The third kappa shape index (κ3) is 4.59. The molecule has 0 unspecified atom stereocenters. The van der Waals surface area contributed by atoms with E-state index in [9.17, 15) is 9.59 Å². The van der Waals surface area contributed by atoms with E-state index in [1.54, 1.807) is 6.20 Å². The molecule has 0 radical (unpaired) electrons. The molecule has 1 aliphatic carbocycles. The number of carbonyl (C=O) groups is 2. The number of nitrogens with zero attached hydrogens (tertiary/aromatic N) is 2. The average molecular weight is 385 g/mol. The summed E-state index contributed by atoms with van der Waals surface area (Å²) in [6.45, 7) is 3.68. The first-order valence-electron chi connectivity index (χ1n) is 9.78. The fourth-order valence-corrected chi connectivity index (χ4v) is 3.81. The van der Waals surface area contributed by atoms with Gasteiger partial charge in [0.1, 0.15) is 0 Å². The number of benzene rings is 1. The van der Waals surface area contributed by atoms with Crippen molar-refractivity contribution >= 4 is 11.9 Å². The van der Waals surface area contributed by atoms with Crippen molar-refractivity contribution in [3.05, 3.63) is 47.8 Å². The van der Waals surface area contributed by atoms with Crippen LogP contribution in [0.2, 0.25) is 0 Å². The zero-order valence-corrected chi connectivity index (χ0v) is 16.2. The minimum Gasteiger partial charge on any atom is -0.476 e. The molecule has 2 aromatic rings. The van der Waals surface area contributed by atoms with E-state index < -0.39 is 5.97 Å². The fraction of sp³-hybridized carbons (Fsp3) is 0.476. The van der Waals surface area contributed by atoms with Gasteiger partial charge in [0.25, 0.3) is 0 Å². The van der Waals surface area contributed by atoms with Gasteiger partial charge in [-0.05, 0) is 49.9 Å². The van der Waals surface area contributed by atoms with E-state index in [-0.39, 0.29) is 17.0 Å². The molecule has 150 valence electrons. The molecule has 3 rings (SSSR count). The third-order valence-electron chi connectivity index (χ3n) is 5.41. The van der Waals surface area contributed by atoms with Gasteiger partial charge < -0.3 is 15.2 Å². The molecule has 1 saturated carbocycles. The summed E-state index contributed by atoms with van der Waals surface area (Å²) in [4.78, 5) is 23.9. The smallest absolute Gasteiger partial charge is 0.356 e. The zero-order chi connectivity index (χ0) is 20.0. The molecular formula is C21H27N3O4. The van der Waals surface area contributed by atoms with Crippen LogP contribution in [0, 0.1) is 5.41 Å². The number of carboxylic acids is 1. The Bertz CT molecular complexity index is 825. The Hall–Kier alpha value is -2.67. The Morgan fingerprint density at radius 2 is 2.07 bits per heavy atom. The maximum Gasteiger partial charge on any atom is 0.356 e. The lowest BCUT2D eigenvalue weighted by Crippen LogP contribution is -2.39. The molecule has 0 aliphatic heterocycles. The van der Waals surface area contributed by atoms with Gasteiger partial charge in [-0.1, -0.05) is 25.0 Å². The third-order valence-corrected chi connectivity index (χ3v) is 5.41. The molecule has 1 amide bonds. The lowest BCUT2D eigenvalue weighted by atomic mass is 9.82. The minimum atomic E-state index is -1.06. The predicted molar refractivity (Wildman–Crippen MR) is 104 cm³/mol. The standard InChI is InChI=1S/C21H27N3O4/c1-2-28-13-11-21(9-3-4-10-21)20(27)22-15-16-6-5-7-17(14-16)24-12-8-18(23-24)19(25)26/h5-8,12,14H,2-4,9-11,13,15H2,1H3,(H,22,27)(H,25,26). The maximum atomic E-state index is 12.9. The van der Waals surface area contributed by atoms with Gasteiger partial charge in [-0.3, -0.25) is 4.79 Å². The van der Waals surface area contributed by atoms with Gasteiger partial charge in [0.15, 0.2) is 5.69 Å². The maximum absolute atomic E-state index is 12.9. The first-order chi connectivity index (χ1) is 13.5. The Balaban J connectivity index is 1.65. The molecule has 1 aliphatic rings. The summed E-state index contributed by atoms with van der Waals surface area (Å²) in [6, 6.07) is 9.02. The van der Waals surface area contributed by atoms with E-state index in [2.05, 4.69) is 10.4 Å². The number of carboxylic acid groups (broad SMARTS) is 1. The molecule has 28 heavy (non-hydrogen) atoms. The molecule has 0 atom stereocenters. The monoisotopic (exact) mass is 385 g/mol. The van der Waals surface area contributed by atoms with Crippen LogP contribution < -0.4 is 5.32 Å². The average Bonchev–Trinajstić information content (AvgIpc) is 3.37. The van der Waals surface area contributed by atoms with Crippen LogP contribution in [0.1, 0.15) is 55.1 Å². The second-order valence-electron chi connectivity index (χ2n) is 7.24. The molecule has 1 aromatic heterocycles. The van der Waals surface area contributed by atoms with Gasteiger partial charge in [0.2, 0.25) is 5.91 Å². The van der Waals surface area contributed by atoms with Gasteiger partial charge in [-0.2, -0.15) is 5.10 Å². The van der Waals surface area contributed by atoms with E-state index in [1.807, 2.05) is 31.2 Å². The second kappa shape index (κ2) is 9.01. The van der Waals surface area contributed by atoms with Crippen LogP contribution in [0.4, 0.5) is 0 Å². The normalized spacial score (nSPS) is 15.5. The van der Waals surface area contributed by atoms with Crippen molar-refractivity contribution in [3.8, 4) is 5.69 Å². The number of amides is 1. The van der Waals surface area contributed by atoms with Gasteiger partial charge in [-0.15, -0.1) is 0 Å². The summed E-state index contributed by atoms with van der Waals surface area (Å²) >= 11 is 0. The van der Waals surface area contributed by atoms with Crippen molar-refractivity contribution < 1.29 is 19.4 Å². The van der Waals surface area contributed by atoms with Crippen LogP contribution >= 0.6 is 0 Å². The van der Waals surface area contributed by atoms with Crippen LogP contribution in [-0.2, 0) is 16.1 Å². The summed E-state index contributed by atoms with van der Waals surface area (Å²) in [5.74, 6) is -0.960. The van der Waals surface area contributed by atoms with Crippen molar-refractivity contribution in [1.29, 1.82) is 0 Å². The topological polar surface area (TPSA) is 93.5 Å². The Labute approximate surface area is 164 Å². The van der Waals surface area contributed by atoms with E-state index in [1.165, 1.54) is 10.7 Å². The summed E-state index contributed by atoms with van der Waals surface area (Å²) in [7, 11) is 0. The van der Waals surface area contributed by atoms with Crippen LogP contribution in [0.5, 0.6) is 0 Å². The number of aromatic carboxylic acids is 1. The number of aromatic nitrogens is 2. The van der Waals surface area contributed by atoms with Crippen LogP contribution in [0.3, 0.4) is 0 Å².